The highest BCUT2D eigenvalue weighted by atomic mass is 19.4. The van der Waals surface area contributed by atoms with Crippen LogP contribution in [0, 0.1) is 22.7 Å². The van der Waals surface area contributed by atoms with Gasteiger partial charge in [0.25, 0.3) is 0 Å². The molecular weight excluding hydrogens is 608 g/mol. The van der Waals surface area contributed by atoms with E-state index in [4.69, 9.17) is 10.00 Å². The van der Waals surface area contributed by atoms with Gasteiger partial charge in [0.2, 0.25) is 0 Å². The maximum Gasteiger partial charge on any atom is 0.433 e. The first-order valence-corrected chi connectivity index (χ1v) is 13.6. The van der Waals surface area contributed by atoms with E-state index in [1.165, 1.54) is 18.5 Å². The van der Waals surface area contributed by atoms with E-state index in [2.05, 4.69) is 20.3 Å². The molecule has 3 aromatic rings. The number of amides is 1. The van der Waals surface area contributed by atoms with E-state index in [9.17, 15) is 41.5 Å². The van der Waals surface area contributed by atoms with Gasteiger partial charge in [0, 0.05) is 12.5 Å². The molecule has 16 heteroatoms. The molecule has 0 aliphatic carbocycles. The molecule has 0 radical (unpaired) electrons. The van der Waals surface area contributed by atoms with Crippen molar-refractivity contribution in [2.45, 2.75) is 63.1 Å². The van der Waals surface area contributed by atoms with E-state index >= 15 is 0 Å². The Bertz CT molecular complexity index is 1620. The molecular formula is C29H25F6N7O3. The summed E-state index contributed by atoms with van der Waals surface area (Å²) in [5, 5.41) is 31.1. The van der Waals surface area contributed by atoms with Crippen LogP contribution in [0.15, 0.2) is 42.7 Å². The molecule has 1 unspecified atom stereocenters. The zero-order valence-electron chi connectivity index (χ0n) is 23.5. The first-order valence-electron chi connectivity index (χ1n) is 13.6. The minimum absolute atomic E-state index is 0.0925. The van der Waals surface area contributed by atoms with Crippen molar-refractivity contribution >= 4 is 11.8 Å². The number of carboxylic acid groups (broad SMARTS) is 1. The molecule has 1 aromatic carbocycles. The standard InChI is InChI=1S/C29H25F6N7O3/c1-2-19-12-21(25-22(42(19)27(43)44)5-6-23(41-25)29(33,34)35)40-24(17-9-16(13-37)10-18(11-17)28(30,31)32)26-38-14-20(15-39-26)45-8-4-3-7-36/h5-6,9-11,14-15,19,21,24,40H,2-4,8,12H2,1H3,(H,43,44)/t19-,21+,24?/m1/s1. The van der Waals surface area contributed by atoms with Crippen LogP contribution in [0.4, 0.5) is 36.8 Å². The van der Waals surface area contributed by atoms with Crippen molar-refractivity contribution in [1.29, 1.82) is 10.5 Å². The number of rotatable bonds is 9. The fraction of sp³-hybridized carbons (Fsp3) is 0.379. The third-order valence-electron chi connectivity index (χ3n) is 7.05. The molecule has 1 amide bonds. The Morgan fingerprint density at radius 2 is 1.84 bits per heavy atom. The predicted molar refractivity (Wildman–Crippen MR) is 145 cm³/mol. The van der Waals surface area contributed by atoms with Crippen LogP contribution in [-0.4, -0.2) is 38.8 Å². The van der Waals surface area contributed by atoms with E-state index < -0.39 is 47.8 Å². The van der Waals surface area contributed by atoms with Crippen LogP contribution in [0.5, 0.6) is 5.75 Å². The first-order chi connectivity index (χ1) is 21.3. The monoisotopic (exact) mass is 633 g/mol. The Kier molecular flexibility index (Phi) is 9.78. The number of fused-ring (bicyclic) bond motifs is 1. The summed E-state index contributed by atoms with van der Waals surface area (Å²) in [5.74, 6) is 0.0877. The normalized spacial score (nSPS) is 17.1. The fourth-order valence-electron chi connectivity index (χ4n) is 4.99. The average molecular weight is 634 g/mol. The second kappa shape index (κ2) is 13.4. The van der Waals surface area contributed by atoms with Gasteiger partial charge < -0.3 is 9.84 Å². The zero-order chi connectivity index (χ0) is 32.9. The highest BCUT2D eigenvalue weighted by Gasteiger charge is 2.41. The summed E-state index contributed by atoms with van der Waals surface area (Å²) in [6, 6.07) is 4.75. The van der Waals surface area contributed by atoms with E-state index in [1.54, 1.807) is 13.0 Å². The summed E-state index contributed by atoms with van der Waals surface area (Å²) < 4.78 is 88.0. The number of nitriles is 2. The molecule has 0 fully saturated rings. The molecule has 3 heterocycles. The molecule has 45 heavy (non-hydrogen) atoms. The third-order valence-corrected chi connectivity index (χ3v) is 7.05. The van der Waals surface area contributed by atoms with Crippen molar-refractivity contribution in [2.75, 3.05) is 11.5 Å². The second-order valence-corrected chi connectivity index (χ2v) is 10.0. The number of alkyl halides is 6. The molecule has 1 aliphatic heterocycles. The summed E-state index contributed by atoms with van der Waals surface area (Å²) in [7, 11) is 0. The molecule has 10 nitrogen and oxygen atoms in total. The van der Waals surface area contributed by atoms with Gasteiger partial charge in [-0.1, -0.05) is 6.92 Å². The molecule has 0 bridgehead atoms. The Morgan fingerprint density at radius 3 is 2.42 bits per heavy atom. The number of unbranched alkanes of at least 4 members (excludes halogenated alkanes) is 1. The lowest BCUT2D eigenvalue weighted by molar-refractivity contribution is -0.141. The number of halogens is 6. The summed E-state index contributed by atoms with van der Waals surface area (Å²) >= 11 is 0. The number of nitrogens with one attached hydrogen (secondary N) is 1. The van der Waals surface area contributed by atoms with Crippen molar-refractivity contribution in [3.05, 3.63) is 76.6 Å². The van der Waals surface area contributed by atoms with Crippen LogP contribution >= 0.6 is 0 Å². The van der Waals surface area contributed by atoms with Crippen LogP contribution in [0.25, 0.3) is 0 Å². The topological polar surface area (TPSA) is 148 Å². The van der Waals surface area contributed by atoms with Gasteiger partial charge in [-0.3, -0.25) is 10.2 Å². The Hall–Kier alpha value is -4.96. The number of ether oxygens (including phenoxy) is 1. The van der Waals surface area contributed by atoms with Crippen LogP contribution in [0.2, 0.25) is 0 Å². The number of pyridine rings is 1. The lowest BCUT2D eigenvalue weighted by atomic mass is 9.91. The van der Waals surface area contributed by atoms with Gasteiger partial charge in [-0.15, -0.1) is 0 Å². The van der Waals surface area contributed by atoms with Gasteiger partial charge >= 0.3 is 18.4 Å². The SMILES string of the molecule is CC[C@@H]1C[C@H](NC(c2cc(C#N)cc(C(F)(F)F)c2)c2ncc(OCCCC#N)cn2)c2nc(C(F)(F)F)ccc2N1C(=O)O. The lowest BCUT2D eigenvalue weighted by Gasteiger charge is -2.40. The molecule has 0 saturated heterocycles. The Labute approximate surface area is 252 Å². The number of anilines is 1. The molecule has 0 saturated carbocycles. The summed E-state index contributed by atoms with van der Waals surface area (Å²) in [5.41, 5.74) is -3.29. The van der Waals surface area contributed by atoms with Gasteiger partial charge in [0.05, 0.1) is 65.7 Å². The Balaban J connectivity index is 1.84. The highest BCUT2D eigenvalue weighted by molar-refractivity contribution is 5.88. The molecule has 4 rings (SSSR count). The van der Waals surface area contributed by atoms with Crippen LogP contribution < -0.4 is 15.0 Å². The quantitative estimate of drug-likeness (QED) is 0.198. The van der Waals surface area contributed by atoms with E-state index in [0.717, 1.165) is 17.0 Å². The van der Waals surface area contributed by atoms with Crippen molar-refractivity contribution in [3.8, 4) is 17.9 Å². The fourth-order valence-corrected chi connectivity index (χ4v) is 4.99. The van der Waals surface area contributed by atoms with Crippen molar-refractivity contribution in [2.24, 2.45) is 0 Å². The van der Waals surface area contributed by atoms with Gasteiger partial charge in [0.15, 0.2) is 5.75 Å². The van der Waals surface area contributed by atoms with E-state index in [-0.39, 0.29) is 60.0 Å². The number of aromatic nitrogens is 3. The number of nitrogens with zero attached hydrogens (tertiary/aromatic N) is 6. The van der Waals surface area contributed by atoms with Gasteiger partial charge in [0.1, 0.15) is 11.5 Å². The maximum absolute atomic E-state index is 13.8. The number of hydrogen-bond donors (Lipinski definition) is 2. The maximum atomic E-state index is 13.8. The van der Waals surface area contributed by atoms with Crippen LogP contribution in [0.3, 0.4) is 0 Å². The van der Waals surface area contributed by atoms with Crippen molar-refractivity contribution in [3.63, 3.8) is 0 Å². The summed E-state index contributed by atoms with van der Waals surface area (Å²) in [6.07, 6.45) is -7.80. The van der Waals surface area contributed by atoms with Crippen molar-refractivity contribution in [1.82, 2.24) is 20.3 Å². The second-order valence-electron chi connectivity index (χ2n) is 10.0. The summed E-state index contributed by atoms with van der Waals surface area (Å²) in [6.45, 7) is 1.85. The van der Waals surface area contributed by atoms with Crippen LogP contribution in [0.1, 0.15) is 78.6 Å². The predicted octanol–water partition coefficient (Wildman–Crippen LogP) is 6.55. The molecule has 2 aromatic heterocycles. The minimum Gasteiger partial charge on any atom is -0.490 e. The molecule has 236 valence electrons. The van der Waals surface area contributed by atoms with Crippen LogP contribution in [-0.2, 0) is 12.4 Å². The number of benzene rings is 1. The highest BCUT2D eigenvalue weighted by Crippen LogP contribution is 2.42. The zero-order valence-corrected chi connectivity index (χ0v) is 23.5. The molecule has 2 N–H and O–H groups in total. The molecule has 1 aliphatic rings. The van der Waals surface area contributed by atoms with Gasteiger partial charge in [-0.05, 0) is 55.2 Å². The first kappa shape index (κ1) is 32.9. The van der Waals surface area contributed by atoms with Gasteiger partial charge in [-0.2, -0.15) is 36.9 Å². The molecule has 3 atom stereocenters. The number of carbonyl (C=O) groups is 1. The van der Waals surface area contributed by atoms with Gasteiger partial charge in [-0.25, -0.2) is 19.7 Å². The minimum atomic E-state index is -4.87. The van der Waals surface area contributed by atoms with E-state index in [1.807, 2.05) is 6.07 Å². The summed E-state index contributed by atoms with van der Waals surface area (Å²) in [4.78, 5) is 25.3. The van der Waals surface area contributed by atoms with Crippen molar-refractivity contribution < 1.29 is 41.0 Å². The Morgan fingerprint density at radius 1 is 1.13 bits per heavy atom. The molecule has 0 spiro atoms. The van der Waals surface area contributed by atoms with E-state index in [0.29, 0.717) is 18.6 Å². The largest absolute Gasteiger partial charge is 0.490 e. The smallest absolute Gasteiger partial charge is 0.433 e. The third kappa shape index (κ3) is 7.58. The number of hydrogen-bond acceptors (Lipinski definition) is 8. The average Bonchev–Trinajstić information content (AvgIpc) is 3.00. The lowest BCUT2D eigenvalue weighted by Crippen LogP contribution is -2.47.